The SMILES string of the molecule is CCCCCCCCCCCC(=O)[O][Pb]([O]C(=O)CCCCCCCCCCC)([c]1ccccc1)[c]1ccccc1. The van der Waals surface area contributed by atoms with Gasteiger partial charge in [0.15, 0.2) is 0 Å². The summed E-state index contributed by atoms with van der Waals surface area (Å²) < 4.78 is 14.5. The molecule has 0 radical (unpaired) electrons. The number of benzene rings is 2. The number of carbonyl (C=O) groups excluding carboxylic acids is 2. The Morgan fingerprint density at radius 3 is 1.07 bits per heavy atom. The molecule has 0 saturated carbocycles. The third kappa shape index (κ3) is 14.8. The van der Waals surface area contributed by atoms with Crippen LogP contribution in [0.15, 0.2) is 60.7 Å². The second-order valence-electron chi connectivity index (χ2n) is 11.5. The zero-order valence-corrected chi connectivity index (χ0v) is 29.9. The number of carbonyl (C=O) groups is 2. The second-order valence-corrected chi connectivity index (χ2v) is 22.3. The van der Waals surface area contributed by atoms with Crippen molar-refractivity contribution in [3.05, 3.63) is 60.7 Å². The third-order valence-corrected chi connectivity index (χ3v) is 20.3. The van der Waals surface area contributed by atoms with Gasteiger partial charge in [-0.3, -0.25) is 0 Å². The van der Waals surface area contributed by atoms with E-state index in [2.05, 4.69) is 13.8 Å². The van der Waals surface area contributed by atoms with Crippen molar-refractivity contribution in [3.8, 4) is 0 Å². The van der Waals surface area contributed by atoms with Crippen molar-refractivity contribution in [2.24, 2.45) is 0 Å². The average Bonchev–Trinajstić information content (AvgIpc) is 3.00. The van der Waals surface area contributed by atoms with E-state index in [1.165, 1.54) is 77.0 Å². The Hall–Kier alpha value is -1.70. The summed E-state index contributed by atoms with van der Waals surface area (Å²) in [6.07, 6.45) is 22.2. The first-order chi connectivity index (χ1) is 20.1. The average molecular weight is 760 g/mol. The molecular weight excluding hydrogens is 704 g/mol. The molecule has 0 unspecified atom stereocenters. The molecular formula is C36H56O4Pb. The van der Waals surface area contributed by atoms with Crippen molar-refractivity contribution in [2.75, 3.05) is 0 Å². The molecule has 0 aliphatic rings. The fourth-order valence-corrected chi connectivity index (χ4v) is 16.8. The molecule has 2 aromatic carbocycles. The van der Waals surface area contributed by atoms with Crippen molar-refractivity contribution in [3.63, 3.8) is 0 Å². The molecule has 0 atom stereocenters. The van der Waals surface area contributed by atoms with E-state index in [0.29, 0.717) is 12.8 Å². The quantitative estimate of drug-likeness (QED) is 0.0792. The molecule has 41 heavy (non-hydrogen) atoms. The molecule has 0 bridgehead atoms. The van der Waals surface area contributed by atoms with Crippen LogP contribution in [0.1, 0.15) is 142 Å². The molecule has 0 aliphatic carbocycles. The fourth-order valence-electron chi connectivity index (χ4n) is 5.32. The van der Waals surface area contributed by atoms with Crippen LogP contribution in [0.25, 0.3) is 0 Å². The molecule has 0 heterocycles. The van der Waals surface area contributed by atoms with E-state index in [-0.39, 0.29) is 11.9 Å². The fraction of sp³-hybridized carbons (Fsp3) is 0.611. The summed E-state index contributed by atoms with van der Waals surface area (Å²) in [4.78, 5) is 26.5. The Morgan fingerprint density at radius 1 is 0.463 bits per heavy atom. The van der Waals surface area contributed by atoms with Gasteiger partial charge in [0.05, 0.1) is 0 Å². The molecule has 2 aromatic rings. The van der Waals surface area contributed by atoms with Crippen molar-refractivity contribution in [1.29, 1.82) is 0 Å². The summed E-state index contributed by atoms with van der Waals surface area (Å²) in [6, 6.07) is 19.5. The Bertz CT molecular complexity index is 854. The first-order valence-electron chi connectivity index (χ1n) is 16.7. The van der Waals surface area contributed by atoms with Gasteiger partial charge in [-0.1, -0.05) is 13.8 Å². The molecule has 228 valence electrons. The summed E-state index contributed by atoms with van der Waals surface area (Å²) in [5.74, 6) is -0.476. The van der Waals surface area contributed by atoms with Gasteiger partial charge in [0.25, 0.3) is 0 Å². The normalized spacial score (nSPS) is 11.4. The van der Waals surface area contributed by atoms with E-state index in [9.17, 15) is 9.59 Å². The molecule has 4 nitrogen and oxygen atoms in total. The van der Waals surface area contributed by atoms with Crippen LogP contribution >= 0.6 is 0 Å². The van der Waals surface area contributed by atoms with E-state index in [4.69, 9.17) is 5.37 Å². The zero-order valence-electron chi connectivity index (χ0n) is 26.0. The van der Waals surface area contributed by atoms with E-state index in [1.807, 2.05) is 60.7 Å². The molecule has 0 aromatic heterocycles. The van der Waals surface area contributed by atoms with Gasteiger partial charge in [-0.25, -0.2) is 0 Å². The predicted octanol–water partition coefficient (Wildman–Crippen LogP) is 9.17. The van der Waals surface area contributed by atoms with E-state index in [1.54, 1.807) is 0 Å². The monoisotopic (exact) mass is 760 g/mol. The van der Waals surface area contributed by atoms with Crippen LogP contribution in [-0.2, 0) is 15.0 Å². The summed E-state index contributed by atoms with van der Waals surface area (Å²) in [5.41, 5.74) is 0. The van der Waals surface area contributed by atoms with Gasteiger partial charge in [-0.2, -0.15) is 0 Å². The molecule has 0 amide bonds. The Balaban J connectivity index is 1.97. The predicted molar refractivity (Wildman–Crippen MR) is 174 cm³/mol. The van der Waals surface area contributed by atoms with Crippen LogP contribution < -0.4 is 6.25 Å². The van der Waals surface area contributed by atoms with Gasteiger partial charge in [0, 0.05) is 0 Å². The van der Waals surface area contributed by atoms with Crippen LogP contribution in [-0.4, -0.2) is 34.0 Å². The van der Waals surface area contributed by atoms with Gasteiger partial charge in [-0.05, 0) is 0 Å². The number of hydrogen-bond donors (Lipinski definition) is 0. The van der Waals surface area contributed by atoms with Crippen LogP contribution in [0.5, 0.6) is 0 Å². The molecule has 0 spiro atoms. The summed E-state index contributed by atoms with van der Waals surface area (Å²) in [7, 11) is 0. The van der Waals surface area contributed by atoms with Gasteiger partial charge in [0.2, 0.25) is 0 Å². The maximum atomic E-state index is 13.3. The van der Waals surface area contributed by atoms with Crippen molar-refractivity contribution < 1.29 is 15.0 Å². The molecule has 0 fully saturated rings. The zero-order chi connectivity index (χ0) is 29.4. The second kappa shape index (κ2) is 22.8. The third-order valence-electron chi connectivity index (χ3n) is 7.79. The van der Waals surface area contributed by atoms with Crippen LogP contribution in [0.4, 0.5) is 0 Å². The summed E-state index contributed by atoms with van der Waals surface area (Å²) >= 11 is -4.74. The van der Waals surface area contributed by atoms with Crippen LogP contribution in [0.3, 0.4) is 0 Å². The Labute approximate surface area is 257 Å². The van der Waals surface area contributed by atoms with Gasteiger partial charge in [0.1, 0.15) is 0 Å². The molecule has 0 N–H and O–H groups in total. The van der Waals surface area contributed by atoms with Crippen molar-refractivity contribution >= 4 is 40.3 Å². The van der Waals surface area contributed by atoms with Gasteiger partial charge < -0.3 is 0 Å². The van der Waals surface area contributed by atoms with E-state index < -0.39 is 22.1 Å². The van der Waals surface area contributed by atoms with Crippen molar-refractivity contribution in [1.82, 2.24) is 0 Å². The van der Waals surface area contributed by atoms with E-state index in [0.717, 1.165) is 44.8 Å². The van der Waals surface area contributed by atoms with Gasteiger partial charge >= 0.3 is 244 Å². The number of rotatable bonds is 24. The Kier molecular flexibility index (Phi) is 19.8. The van der Waals surface area contributed by atoms with Crippen LogP contribution in [0, 0.1) is 0 Å². The first-order valence-corrected chi connectivity index (χ1v) is 23.7. The summed E-state index contributed by atoms with van der Waals surface area (Å²) in [6.45, 7) is 4.49. The van der Waals surface area contributed by atoms with Crippen LogP contribution in [0.2, 0.25) is 0 Å². The Morgan fingerprint density at radius 2 is 0.756 bits per heavy atom. The standard InChI is InChI=1S/2C12H24O2.2C6H5.Pb/c2*1-2-3-4-5-6-7-8-9-10-11-12(13)14;2*1-2-4-6-5-3-1;/h2*2-11H2,1H3,(H,13,14);2*1-5H;/q;;;;+2/p-2. The topological polar surface area (TPSA) is 52.6 Å². The minimum absolute atomic E-state index is 0.238. The minimum atomic E-state index is -4.74. The first kappa shape index (κ1) is 35.5. The molecule has 0 aliphatic heterocycles. The van der Waals surface area contributed by atoms with Gasteiger partial charge in [-0.15, -0.1) is 0 Å². The number of unbranched alkanes of at least 4 members (excludes halogenated alkanes) is 16. The number of hydrogen-bond acceptors (Lipinski definition) is 4. The maximum absolute atomic E-state index is 13.3. The van der Waals surface area contributed by atoms with E-state index >= 15 is 0 Å². The molecule has 2 rings (SSSR count). The molecule has 0 saturated heterocycles. The molecule has 5 heteroatoms. The summed E-state index contributed by atoms with van der Waals surface area (Å²) in [5, 5.41) is 0. The van der Waals surface area contributed by atoms with Crippen molar-refractivity contribution in [2.45, 2.75) is 142 Å².